The van der Waals surface area contributed by atoms with E-state index in [-0.39, 0.29) is 12.0 Å². The quantitative estimate of drug-likeness (QED) is 0.888. The first kappa shape index (κ1) is 15.8. The largest absolute Gasteiger partial charge is 0.491 e. The fraction of sp³-hybridized carbons (Fsp3) is 0.375. The molecule has 0 aliphatic carbocycles. The molecule has 4 nitrogen and oxygen atoms in total. The predicted octanol–water partition coefficient (Wildman–Crippen LogP) is 4.40. The van der Waals surface area contributed by atoms with Gasteiger partial charge in [-0.05, 0) is 60.0 Å². The van der Waals surface area contributed by atoms with Gasteiger partial charge in [-0.1, -0.05) is 13.8 Å². The van der Waals surface area contributed by atoms with Gasteiger partial charge in [-0.2, -0.15) is 0 Å². The van der Waals surface area contributed by atoms with Gasteiger partial charge in [-0.15, -0.1) is 0 Å². The van der Waals surface area contributed by atoms with Crippen molar-refractivity contribution in [3.63, 3.8) is 0 Å². The lowest BCUT2D eigenvalue weighted by atomic mass is 10.1. The van der Waals surface area contributed by atoms with E-state index < -0.39 is 0 Å². The summed E-state index contributed by atoms with van der Waals surface area (Å²) in [6, 6.07) is 7.74. The second-order valence-electron chi connectivity index (χ2n) is 5.48. The predicted molar refractivity (Wildman–Crippen MR) is 89.4 cm³/mol. The van der Waals surface area contributed by atoms with E-state index in [1.807, 2.05) is 38.1 Å². The van der Waals surface area contributed by atoms with E-state index in [0.717, 1.165) is 21.5 Å². The Labute approximate surface area is 133 Å². The first-order valence-corrected chi connectivity index (χ1v) is 7.77. The van der Waals surface area contributed by atoms with Crippen molar-refractivity contribution in [1.29, 1.82) is 0 Å². The van der Waals surface area contributed by atoms with Crippen molar-refractivity contribution in [2.75, 3.05) is 5.73 Å². The van der Waals surface area contributed by atoms with E-state index >= 15 is 0 Å². The van der Waals surface area contributed by atoms with Gasteiger partial charge in [0.05, 0.1) is 16.3 Å². The van der Waals surface area contributed by atoms with Crippen LogP contribution in [0, 0.1) is 0 Å². The van der Waals surface area contributed by atoms with Crippen LogP contribution in [0.5, 0.6) is 5.75 Å². The van der Waals surface area contributed by atoms with E-state index in [2.05, 4.69) is 39.7 Å². The van der Waals surface area contributed by atoms with Gasteiger partial charge in [0, 0.05) is 5.56 Å². The summed E-state index contributed by atoms with van der Waals surface area (Å²) in [7, 11) is 0. The normalized spacial score (nSPS) is 11.2. The van der Waals surface area contributed by atoms with E-state index in [9.17, 15) is 0 Å². The summed E-state index contributed by atoms with van der Waals surface area (Å²) in [5.74, 6) is 2.21. The Hall–Kier alpha value is -1.62. The Morgan fingerprint density at radius 1 is 1.05 bits per heavy atom. The van der Waals surface area contributed by atoms with Gasteiger partial charge in [0.15, 0.2) is 5.82 Å². The third-order valence-electron chi connectivity index (χ3n) is 2.93. The summed E-state index contributed by atoms with van der Waals surface area (Å²) in [6.45, 7) is 8.16. The molecule has 2 rings (SSSR count). The second-order valence-corrected chi connectivity index (χ2v) is 6.27. The van der Waals surface area contributed by atoms with E-state index in [1.165, 1.54) is 0 Å². The molecule has 0 aliphatic rings. The monoisotopic (exact) mass is 349 g/mol. The van der Waals surface area contributed by atoms with Crippen molar-refractivity contribution in [3.05, 3.63) is 34.4 Å². The van der Waals surface area contributed by atoms with Gasteiger partial charge in [0.2, 0.25) is 0 Å². The SMILES string of the molecule is CC(C)Oc1ccc(-c2nc(N)c(Br)c(C(C)C)n2)cc1. The number of nitrogen functional groups attached to an aromatic ring is 1. The summed E-state index contributed by atoms with van der Waals surface area (Å²) < 4.78 is 6.42. The number of benzene rings is 1. The number of halogens is 1. The summed E-state index contributed by atoms with van der Waals surface area (Å²) in [5.41, 5.74) is 7.81. The standard InChI is InChI=1S/C16H20BrN3O/c1-9(2)14-13(17)15(18)20-16(19-14)11-5-7-12(8-6-11)21-10(3)4/h5-10H,1-4H3,(H2,18,19,20). The third-order valence-corrected chi connectivity index (χ3v) is 3.75. The van der Waals surface area contributed by atoms with Gasteiger partial charge in [-0.3, -0.25) is 0 Å². The minimum atomic E-state index is 0.156. The second kappa shape index (κ2) is 6.43. The molecule has 5 heteroatoms. The molecule has 0 unspecified atom stereocenters. The molecule has 112 valence electrons. The van der Waals surface area contributed by atoms with Crippen LogP contribution >= 0.6 is 15.9 Å². The molecular weight excluding hydrogens is 330 g/mol. The molecule has 1 aromatic heterocycles. The summed E-state index contributed by atoms with van der Waals surface area (Å²) >= 11 is 3.46. The first-order chi connectivity index (χ1) is 9.88. The molecule has 0 atom stereocenters. The highest BCUT2D eigenvalue weighted by Crippen LogP contribution is 2.30. The number of rotatable bonds is 4. The maximum absolute atomic E-state index is 5.97. The van der Waals surface area contributed by atoms with Crippen molar-refractivity contribution in [1.82, 2.24) is 9.97 Å². The van der Waals surface area contributed by atoms with Crippen LogP contribution < -0.4 is 10.5 Å². The number of nitrogens with zero attached hydrogens (tertiary/aromatic N) is 2. The molecular formula is C16H20BrN3O. The maximum Gasteiger partial charge on any atom is 0.161 e. The van der Waals surface area contributed by atoms with E-state index in [1.54, 1.807) is 0 Å². The Morgan fingerprint density at radius 2 is 1.67 bits per heavy atom. The van der Waals surface area contributed by atoms with Crippen molar-refractivity contribution in [2.24, 2.45) is 0 Å². The van der Waals surface area contributed by atoms with Crippen LogP contribution in [0.3, 0.4) is 0 Å². The summed E-state index contributed by atoms with van der Waals surface area (Å²) in [5, 5.41) is 0. The molecule has 0 saturated carbocycles. The molecule has 0 saturated heterocycles. The highest BCUT2D eigenvalue weighted by Gasteiger charge is 2.14. The van der Waals surface area contributed by atoms with Gasteiger partial charge in [0.1, 0.15) is 11.6 Å². The zero-order valence-corrected chi connectivity index (χ0v) is 14.3. The molecule has 0 spiro atoms. The average molecular weight is 350 g/mol. The zero-order chi connectivity index (χ0) is 15.6. The number of hydrogen-bond donors (Lipinski definition) is 1. The molecule has 0 fully saturated rings. The topological polar surface area (TPSA) is 61.0 Å². The van der Waals surface area contributed by atoms with Crippen LogP contribution in [0.15, 0.2) is 28.7 Å². The van der Waals surface area contributed by atoms with Crippen molar-refractivity contribution < 1.29 is 4.74 Å². The average Bonchev–Trinajstić information content (AvgIpc) is 2.41. The number of anilines is 1. The lowest BCUT2D eigenvalue weighted by Gasteiger charge is -2.12. The smallest absolute Gasteiger partial charge is 0.161 e. The van der Waals surface area contributed by atoms with Crippen LogP contribution in [0.4, 0.5) is 5.82 Å². The van der Waals surface area contributed by atoms with Crippen molar-refractivity contribution in [2.45, 2.75) is 39.7 Å². The fourth-order valence-electron chi connectivity index (χ4n) is 1.95. The Morgan fingerprint density at radius 3 is 2.19 bits per heavy atom. The zero-order valence-electron chi connectivity index (χ0n) is 12.7. The highest BCUT2D eigenvalue weighted by atomic mass is 79.9. The Balaban J connectivity index is 2.38. The highest BCUT2D eigenvalue weighted by molar-refractivity contribution is 9.10. The van der Waals surface area contributed by atoms with Crippen LogP contribution in [-0.4, -0.2) is 16.1 Å². The molecule has 2 N–H and O–H groups in total. The molecule has 0 amide bonds. The number of ether oxygens (including phenoxy) is 1. The molecule has 2 aromatic rings. The van der Waals surface area contributed by atoms with Crippen LogP contribution in [0.1, 0.15) is 39.3 Å². The molecule has 0 radical (unpaired) electrons. The van der Waals surface area contributed by atoms with Crippen LogP contribution in [0.25, 0.3) is 11.4 Å². The van der Waals surface area contributed by atoms with Gasteiger partial charge in [0.25, 0.3) is 0 Å². The van der Waals surface area contributed by atoms with Gasteiger partial charge < -0.3 is 10.5 Å². The maximum atomic E-state index is 5.97. The molecule has 0 aliphatic heterocycles. The van der Waals surface area contributed by atoms with Crippen molar-refractivity contribution >= 4 is 21.7 Å². The van der Waals surface area contributed by atoms with Crippen LogP contribution in [0.2, 0.25) is 0 Å². The first-order valence-electron chi connectivity index (χ1n) is 6.98. The van der Waals surface area contributed by atoms with E-state index in [0.29, 0.717) is 11.6 Å². The number of nitrogens with two attached hydrogens (primary N) is 1. The van der Waals surface area contributed by atoms with Crippen LogP contribution in [-0.2, 0) is 0 Å². The molecule has 1 aromatic carbocycles. The molecule has 1 heterocycles. The van der Waals surface area contributed by atoms with E-state index in [4.69, 9.17) is 10.5 Å². The summed E-state index contributed by atoms with van der Waals surface area (Å²) in [4.78, 5) is 8.97. The van der Waals surface area contributed by atoms with Crippen molar-refractivity contribution in [3.8, 4) is 17.1 Å². The molecule has 0 bridgehead atoms. The number of aromatic nitrogens is 2. The fourth-order valence-corrected chi connectivity index (χ4v) is 2.58. The van der Waals surface area contributed by atoms with Gasteiger partial charge in [-0.25, -0.2) is 9.97 Å². The lowest BCUT2D eigenvalue weighted by molar-refractivity contribution is 0.242. The Bertz CT molecular complexity index is 624. The minimum Gasteiger partial charge on any atom is -0.491 e. The third kappa shape index (κ3) is 3.73. The van der Waals surface area contributed by atoms with Gasteiger partial charge >= 0.3 is 0 Å². The Kier molecular flexibility index (Phi) is 4.83. The molecule has 21 heavy (non-hydrogen) atoms. The minimum absolute atomic E-state index is 0.156. The number of hydrogen-bond acceptors (Lipinski definition) is 4. The summed E-state index contributed by atoms with van der Waals surface area (Å²) in [6.07, 6.45) is 0.156. The lowest BCUT2D eigenvalue weighted by Crippen LogP contribution is -2.06.